The highest BCUT2D eigenvalue weighted by Gasteiger charge is 2.32. The van der Waals surface area contributed by atoms with Gasteiger partial charge in [-0.1, -0.05) is 0 Å². The van der Waals surface area contributed by atoms with Crippen LogP contribution < -0.4 is 5.32 Å². The summed E-state index contributed by atoms with van der Waals surface area (Å²) < 4.78 is 5.23. The van der Waals surface area contributed by atoms with Gasteiger partial charge in [-0.3, -0.25) is 4.79 Å². The predicted molar refractivity (Wildman–Crippen MR) is 72.4 cm³/mol. The lowest BCUT2D eigenvalue weighted by Gasteiger charge is -2.15. The van der Waals surface area contributed by atoms with Gasteiger partial charge in [0.1, 0.15) is 5.41 Å². The summed E-state index contributed by atoms with van der Waals surface area (Å²) in [6.07, 6.45) is 0.908. The van der Waals surface area contributed by atoms with Crippen LogP contribution in [0.25, 0.3) is 0 Å². The molecule has 1 aromatic rings. The molecule has 0 saturated heterocycles. The van der Waals surface area contributed by atoms with Crippen LogP contribution in [0.1, 0.15) is 32.9 Å². The maximum atomic E-state index is 11.1. The molecular weight excluding hydrogens is 252 g/mol. The first-order valence-electron chi connectivity index (χ1n) is 5.99. The Morgan fingerprint density at radius 3 is 2.94 bits per heavy atom. The van der Waals surface area contributed by atoms with Crippen LogP contribution in [-0.4, -0.2) is 35.8 Å². The first-order valence-corrected chi connectivity index (χ1v) is 6.87. The van der Waals surface area contributed by atoms with Crippen molar-refractivity contribution in [2.75, 3.05) is 25.1 Å². The summed E-state index contributed by atoms with van der Waals surface area (Å²) in [5, 5.41) is 14.8. The van der Waals surface area contributed by atoms with Gasteiger partial charge < -0.3 is 15.2 Å². The summed E-state index contributed by atoms with van der Waals surface area (Å²) in [7, 11) is 0. The maximum absolute atomic E-state index is 11.1. The van der Waals surface area contributed by atoms with Crippen LogP contribution >= 0.6 is 11.3 Å². The van der Waals surface area contributed by atoms with Crippen molar-refractivity contribution < 1.29 is 14.6 Å². The van der Waals surface area contributed by atoms with Crippen molar-refractivity contribution in [2.24, 2.45) is 0 Å². The minimum absolute atomic E-state index is 0.590. The first-order chi connectivity index (χ1) is 8.48. The van der Waals surface area contributed by atoms with Crippen LogP contribution in [0.5, 0.6) is 0 Å². The minimum atomic E-state index is -0.943. The van der Waals surface area contributed by atoms with Crippen molar-refractivity contribution in [1.29, 1.82) is 0 Å². The maximum Gasteiger partial charge on any atom is 0.315 e. The molecule has 18 heavy (non-hydrogen) atoms. The monoisotopic (exact) mass is 272 g/mol. The quantitative estimate of drug-likeness (QED) is 0.711. The highest BCUT2D eigenvalue weighted by molar-refractivity contribution is 7.13. The third-order valence-electron chi connectivity index (χ3n) is 2.63. The summed E-state index contributed by atoms with van der Waals surface area (Å²) >= 11 is 1.43. The highest BCUT2D eigenvalue weighted by atomic mass is 32.1. The number of nitrogens with zero attached hydrogens (tertiary/aromatic N) is 1. The molecule has 0 aliphatic rings. The van der Waals surface area contributed by atoms with Crippen molar-refractivity contribution in [3.8, 4) is 0 Å². The molecule has 1 aromatic heterocycles. The van der Waals surface area contributed by atoms with Gasteiger partial charge >= 0.3 is 5.97 Å². The van der Waals surface area contributed by atoms with Gasteiger partial charge in [-0.15, -0.1) is 11.3 Å². The smallest absolute Gasteiger partial charge is 0.315 e. The van der Waals surface area contributed by atoms with E-state index in [0.717, 1.165) is 31.3 Å². The van der Waals surface area contributed by atoms with Crippen LogP contribution in [0.3, 0.4) is 0 Å². The molecule has 2 N–H and O–H groups in total. The number of carbonyl (C=O) groups is 1. The Hall–Kier alpha value is -1.14. The van der Waals surface area contributed by atoms with Crippen LogP contribution in [0.4, 0.5) is 5.13 Å². The number of anilines is 1. The molecule has 5 nitrogen and oxygen atoms in total. The number of thiazole rings is 1. The zero-order valence-corrected chi connectivity index (χ0v) is 11.8. The lowest BCUT2D eigenvalue weighted by atomic mass is 9.90. The number of aliphatic carboxylic acids is 1. The number of nitrogens with one attached hydrogen (secondary N) is 1. The molecule has 0 amide bonds. The molecule has 0 aliphatic carbocycles. The van der Waals surface area contributed by atoms with E-state index in [2.05, 4.69) is 10.3 Å². The second-order valence-corrected chi connectivity index (χ2v) is 5.30. The van der Waals surface area contributed by atoms with Crippen molar-refractivity contribution in [2.45, 2.75) is 32.6 Å². The van der Waals surface area contributed by atoms with E-state index in [0.29, 0.717) is 5.69 Å². The van der Waals surface area contributed by atoms with Crippen molar-refractivity contribution in [3.63, 3.8) is 0 Å². The van der Waals surface area contributed by atoms with E-state index in [1.165, 1.54) is 11.3 Å². The molecule has 0 fully saturated rings. The topological polar surface area (TPSA) is 71.5 Å². The van der Waals surface area contributed by atoms with Crippen molar-refractivity contribution in [1.82, 2.24) is 4.98 Å². The van der Waals surface area contributed by atoms with Gasteiger partial charge in [0.05, 0.1) is 5.69 Å². The third kappa shape index (κ3) is 3.96. The Morgan fingerprint density at radius 1 is 1.61 bits per heavy atom. The number of ether oxygens (including phenoxy) is 1. The summed E-state index contributed by atoms with van der Waals surface area (Å²) in [6.45, 7) is 7.51. The van der Waals surface area contributed by atoms with Crippen LogP contribution in [-0.2, 0) is 14.9 Å². The Bertz CT molecular complexity index is 390. The van der Waals surface area contributed by atoms with E-state index >= 15 is 0 Å². The Morgan fingerprint density at radius 2 is 2.33 bits per heavy atom. The van der Waals surface area contributed by atoms with Crippen LogP contribution in [0.15, 0.2) is 5.38 Å². The van der Waals surface area contributed by atoms with Gasteiger partial charge in [-0.25, -0.2) is 4.98 Å². The van der Waals surface area contributed by atoms with Crippen LogP contribution in [0, 0.1) is 0 Å². The summed E-state index contributed by atoms with van der Waals surface area (Å²) in [5.74, 6) is -0.865. The van der Waals surface area contributed by atoms with Gasteiger partial charge in [0.15, 0.2) is 5.13 Å². The third-order valence-corrected chi connectivity index (χ3v) is 3.42. The van der Waals surface area contributed by atoms with Crippen molar-refractivity contribution in [3.05, 3.63) is 11.1 Å². The standard InChI is InChI=1S/C12H20N2O3S/c1-4-17-7-5-6-13-11-14-9(8-18-11)12(2,3)10(15)16/h8H,4-7H2,1-3H3,(H,13,14)(H,15,16). The van der Waals surface area contributed by atoms with Gasteiger partial charge in [-0.2, -0.15) is 0 Å². The molecule has 0 saturated carbocycles. The molecule has 1 rings (SSSR count). The number of aromatic nitrogens is 1. The zero-order chi connectivity index (χ0) is 13.6. The molecule has 0 spiro atoms. The Balaban J connectivity index is 2.46. The summed E-state index contributed by atoms with van der Waals surface area (Å²) in [6, 6.07) is 0. The Kier molecular flexibility index (Phi) is 5.55. The van der Waals surface area contributed by atoms with Gasteiger partial charge in [-0.05, 0) is 27.2 Å². The fourth-order valence-corrected chi connectivity index (χ4v) is 2.17. The van der Waals surface area contributed by atoms with Crippen molar-refractivity contribution >= 4 is 22.4 Å². The van der Waals surface area contributed by atoms with Gasteiger partial charge in [0.25, 0.3) is 0 Å². The lowest BCUT2D eigenvalue weighted by Crippen LogP contribution is -2.28. The fraction of sp³-hybridized carbons (Fsp3) is 0.667. The average molecular weight is 272 g/mol. The fourth-order valence-electron chi connectivity index (χ4n) is 1.27. The first kappa shape index (κ1) is 14.9. The zero-order valence-electron chi connectivity index (χ0n) is 11.0. The molecule has 6 heteroatoms. The normalized spacial score (nSPS) is 11.5. The second-order valence-electron chi connectivity index (χ2n) is 4.45. The summed E-state index contributed by atoms with van der Waals surface area (Å²) in [5.41, 5.74) is -0.353. The number of rotatable bonds is 8. The molecular formula is C12H20N2O3S. The van der Waals surface area contributed by atoms with Gasteiger partial charge in [0, 0.05) is 25.1 Å². The second kappa shape index (κ2) is 6.70. The number of hydrogen-bond acceptors (Lipinski definition) is 5. The number of carboxylic acid groups (broad SMARTS) is 1. The molecule has 0 atom stereocenters. The predicted octanol–water partition coefficient (Wildman–Crippen LogP) is 2.34. The van der Waals surface area contributed by atoms with Crippen LogP contribution in [0.2, 0.25) is 0 Å². The summed E-state index contributed by atoms with van der Waals surface area (Å²) in [4.78, 5) is 15.4. The van der Waals surface area contributed by atoms with E-state index in [1.807, 2.05) is 6.92 Å². The van der Waals surface area contributed by atoms with E-state index in [-0.39, 0.29) is 0 Å². The molecule has 0 aromatic carbocycles. The van der Waals surface area contributed by atoms with E-state index in [4.69, 9.17) is 9.84 Å². The largest absolute Gasteiger partial charge is 0.481 e. The van der Waals surface area contributed by atoms with E-state index in [9.17, 15) is 4.79 Å². The molecule has 0 bridgehead atoms. The molecule has 102 valence electrons. The van der Waals surface area contributed by atoms with E-state index < -0.39 is 11.4 Å². The number of hydrogen-bond donors (Lipinski definition) is 2. The molecule has 0 radical (unpaired) electrons. The lowest BCUT2D eigenvalue weighted by molar-refractivity contribution is -0.142. The highest BCUT2D eigenvalue weighted by Crippen LogP contribution is 2.27. The minimum Gasteiger partial charge on any atom is -0.481 e. The average Bonchev–Trinajstić information content (AvgIpc) is 2.78. The van der Waals surface area contributed by atoms with E-state index in [1.54, 1.807) is 19.2 Å². The van der Waals surface area contributed by atoms with Gasteiger partial charge in [0.2, 0.25) is 0 Å². The molecule has 0 unspecified atom stereocenters. The SMILES string of the molecule is CCOCCCNc1nc(C(C)(C)C(=O)O)cs1. The molecule has 1 heterocycles. The number of carboxylic acids is 1. The Labute approximate surface area is 111 Å². The molecule has 0 aliphatic heterocycles.